The highest BCUT2D eigenvalue weighted by atomic mass is 16.5. The lowest BCUT2D eigenvalue weighted by Crippen LogP contribution is -2.35. The van der Waals surface area contributed by atoms with Crippen LogP contribution in [0.15, 0.2) is 29.3 Å². The van der Waals surface area contributed by atoms with Crippen molar-refractivity contribution in [2.24, 2.45) is 10.7 Å². The molecule has 2 N–H and O–H groups in total. The molecular formula is C15H23N3O. The summed E-state index contributed by atoms with van der Waals surface area (Å²) < 4.78 is 5.47. The summed E-state index contributed by atoms with van der Waals surface area (Å²) in [5, 5.41) is 0. The SMILES string of the molecule is CCOCc1ccccc1CN=C(N)N(C)C1CC1. The van der Waals surface area contributed by atoms with Gasteiger partial charge in [0.25, 0.3) is 0 Å². The zero-order chi connectivity index (χ0) is 13.7. The van der Waals surface area contributed by atoms with Gasteiger partial charge in [0.2, 0.25) is 0 Å². The van der Waals surface area contributed by atoms with Crippen LogP contribution >= 0.6 is 0 Å². The third kappa shape index (κ3) is 3.96. The van der Waals surface area contributed by atoms with E-state index in [1.54, 1.807) is 0 Å². The Balaban J connectivity index is 1.99. The first-order chi connectivity index (χ1) is 9.22. The predicted octanol–water partition coefficient (Wildman–Crippen LogP) is 2.13. The van der Waals surface area contributed by atoms with Crippen molar-refractivity contribution in [3.05, 3.63) is 35.4 Å². The molecule has 0 radical (unpaired) electrons. The van der Waals surface area contributed by atoms with Gasteiger partial charge in [0.1, 0.15) is 0 Å². The molecular weight excluding hydrogens is 238 g/mol. The molecule has 0 aliphatic heterocycles. The van der Waals surface area contributed by atoms with Crippen LogP contribution in [0.25, 0.3) is 0 Å². The van der Waals surface area contributed by atoms with E-state index in [9.17, 15) is 0 Å². The van der Waals surface area contributed by atoms with Gasteiger partial charge in [0.05, 0.1) is 13.2 Å². The van der Waals surface area contributed by atoms with E-state index >= 15 is 0 Å². The third-order valence-electron chi connectivity index (χ3n) is 3.45. The molecule has 4 nitrogen and oxygen atoms in total. The van der Waals surface area contributed by atoms with E-state index in [0.29, 0.717) is 25.2 Å². The summed E-state index contributed by atoms with van der Waals surface area (Å²) in [4.78, 5) is 6.56. The molecule has 1 aromatic carbocycles. The van der Waals surface area contributed by atoms with Crippen LogP contribution in [0.4, 0.5) is 0 Å². The molecule has 1 aromatic rings. The largest absolute Gasteiger partial charge is 0.377 e. The quantitative estimate of drug-likeness (QED) is 0.630. The summed E-state index contributed by atoms with van der Waals surface area (Å²) in [7, 11) is 2.02. The highest BCUT2D eigenvalue weighted by Gasteiger charge is 2.27. The van der Waals surface area contributed by atoms with Crippen molar-refractivity contribution in [3.8, 4) is 0 Å². The minimum Gasteiger partial charge on any atom is -0.377 e. The number of guanidine groups is 1. The molecule has 0 aromatic heterocycles. The summed E-state index contributed by atoms with van der Waals surface area (Å²) in [6.07, 6.45) is 2.46. The maximum absolute atomic E-state index is 6.00. The Morgan fingerprint density at radius 1 is 1.37 bits per heavy atom. The zero-order valence-electron chi connectivity index (χ0n) is 11.8. The maximum Gasteiger partial charge on any atom is 0.191 e. The highest BCUT2D eigenvalue weighted by Crippen LogP contribution is 2.25. The van der Waals surface area contributed by atoms with Crippen LogP contribution < -0.4 is 5.73 Å². The zero-order valence-corrected chi connectivity index (χ0v) is 11.8. The van der Waals surface area contributed by atoms with Crippen molar-refractivity contribution in [1.82, 2.24) is 4.90 Å². The van der Waals surface area contributed by atoms with E-state index in [2.05, 4.69) is 22.0 Å². The lowest BCUT2D eigenvalue weighted by Gasteiger charge is -2.17. The number of nitrogens with two attached hydrogens (primary N) is 1. The molecule has 104 valence electrons. The highest BCUT2D eigenvalue weighted by molar-refractivity contribution is 5.78. The van der Waals surface area contributed by atoms with Crippen molar-refractivity contribution >= 4 is 5.96 Å². The minimum absolute atomic E-state index is 0.599. The molecule has 0 unspecified atom stereocenters. The van der Waals surface area contributed by atoms with Crippen molar-refractivity contribution in [2.45, 2.75) is 39.0 Å². The standard InChI is InChI=1S/C15H23N3O/c1-3-19-11-13-7-5-4-6-12(13)10-17-15(16)18(2)14-8-9-14/h4-7,14H,3,8-11H2,1-2H3,(H2,16,17). The molecule has 1 aliphatic rings. The Bertz CT molecular complexity index is 441. The Morgan fingerprint density at radius 2 is 2.05 bits per heavy atom. The Hall–Kier alpha value is -1.55. The van der Waals surface area contributed by atoms with E-state index < -0.39 is 0 Å². The Labute approximate surface area is 115 Å². The molecule has 1 fully saturated rings. The van der Waals surface area contributed by atoms with Gasteiger partial charge in [-0.15, -0.1) is 0 Å². The fourth-order valence-corrected chi connectivity index (χ4v) is 1.99. The summed E-state index contributed by atoms with van der Waals surface area (Å²) >= 11 is 0. The van der Waals surface area contributed by atoms with Crippen LogP contribution in [0.2, 0.25) is 0 Å². The third-order valence-corrected chi connectivity index (χ3v) is 3.45. The number of ether oxygens (including phenoxy) is 1. The Morgan fingerprint density at radius 3 is 2.68 bits per heavy atom. The first-order valence-corrected chi connectivity index (χ1v) is 6.89. The molecule has 4 heteroatoms. The molecule has 0 spiro atoms. The molecule has 0 bridgehead atoms. The van der Waals surface area contributed by atoms with E-state index in [-0.39, 0.29) is 0 Å². The van der Waals surface area contributed by atoms with Crippen molar-refractivity contribution < 1.29 is 4.74 Å². The van der Waals surface area contributed by atoms with Crippen LogP contribution in [-0.2, 0) is 17.9 Å². The van der Waals surface area contributed by atoms with Crippen LogP contribution in [0, 0.1) is 0 Å². The number of hydrogen-bond acceptors (Lipinski definition) is 2. The fourth-order valence-electron chi connectivity index (χ4n) is 1.99. The second-order valence-electron chi connectivity index (χ2n) is 4.92. The van der Waals surface area contributed by atoms with E-state index in [0.717, 1.165) is 6.61 Å². The summed E-state index contributed by atoms with van der Waals surface area (Å²) in [6, 6.07) is 8.83. The Kier molecular flexibility index (Phi) is 4.80. The second kappa shape index (κ2) is 6.57. The normalized spacial score (nSPS) is 15.6. The molecule has 1 aliphatic carbocycles. The van der Waals surface area contributed by atoms with Crippen molar-refractivity contribution in [1.29, 1.82) is 0 Å². The molecule has 19 heavy (non-hydrogen) atoms. The molecule has 2 rings (SSSR count). The first kappa shape index (κ1) is 13.9. The van der Waals surface area contributed by atoms with Gasteiger partial charge in [0.15, 0.2) is 5.96 Å². The van der Waals surface area contributed by atoms with E-state index in [1.165, 1.54) is 24.0 Å². The van der Waals surface area contributed by atoms with Gasteiger partial charge in [-0.05, 0) is 30.9 Å². The monoisotopic (exact) mass is 261 g/mol. The van der Waals surface area contributed by atoms with Crippen LogP contribution in [0.3, 0.4) is 0 Å². The maximum atomic E-state index is 6.00. The van der Waals surface area contributed by atoms with Crippen LogP contribution in [-0.4, -0.2) is 30.6 Å². The van der Waals surface area contributed by atoms with Gasteiger partial charge >= 0.3 is 0 Å². The van der Waals surface area contributed by atoms with Gasteiger partial charge in [-0.1, -0.05) is 24.3 Å². The molecule has 0 heterocycles. The lowest BCUT2D eigenvalue weighted by atomic mass is 10.1. The molecule has 0 amide bonds. The van der Waals surface area contributed by atoms with Gasteiger partial charge in [-0.25, -0.2) is 4.99 Å². The van der Waals surface area contributed by atoms with Gasteiger partial charge in [-0.2, -0.15) is 0 Å². The smallest absolute Gasteiger partial charge is 0.191 e. The number of hydrogen-bond donors (Lipinski definition) is 1. The van der Waals surface area contributed by atoms with Crippen LogP contribution in [0.1, 0.15) is 30.9 Å². The number of benzene rings is 1. The van der Waals surface area contributed by atoms with Crippen molar-refractivity contribution in [3.63, 3.8) is 0 Å². The van der Waals surface area contributed by atoms with Crippen molar-refractivity contribution in [2.75, 3.05) is 13.7 Å². The second-order valence-corrected chi connectivity index (χ2v) is 4.92. The van der Waals surface area contributed by atoms with Gasteiger partial charge < -0.3 is 15.4 Å². The summed E-state index contributed by atoms with van der Waals surface area (Å²) in [5.74, 6) is 0.633. The number of rotatable bonds is 6. The number of nitrogens with zero attached hydrogens (tertiary/aromatic N) is 2. The lowest BCUT2D eigenvalue weighted by molar-refractivity contribution is 0.133. The van der Waals surface area contributed by atoms with E-state index in [4.69, 9.17) is 10.5 Å². The van der Waals surface area contributed by atoms with Crippen LogP contribution in [0.5, 0.6) is 0 Å². The average molecular weight is 261 g/mol. The molecule has 0 saturated heterocycles. The van der Waals surface area contributed by atoms with Gasteiger partial charge in [-0.3, -0.25) is 0 Å². The minimum atomic E-state index is 0.599. The molecule has 0 atom stereocenters. The average Bonchev–Trinajstić information content (AvgIpc) is 3.27. The van der Waals surface area contributed by atoms with E-state index in [1.807, 2.05) is 26.1 Å². The molecule has 1 saturated carbocycles. The summed E-state index contributed by atoms with van der Waals surface area (Å²) in [5.41, 5.74) is 8.37. The topological polar surface area (TPSA) is 50.9 Å². The fraction of sp³-hybridized carbons (Fsp3) is 0.533. The predicted molar refractivity (Wildman–Crippen MR) is 77.9 cm³/mol. The number of aliphatic imine (C=N–C) groups is 1. The summed E-state index contributed by atoms with van der Waals surface area (Å²) in [6.45, 7) is 3.99. The van der Waals surface area contributed by atoms with Gasteiger partial charge in [0, 0.05) is 19.7 Å². The first-order valence-electron chi connectivity index (χ1n) is 6.89.